The van der Waals surface area contributed by atoms with Crippen molar-refractivity contribution >= 4 is 35.9 Å². The van der Waals surface area contributed by atoms with Crippen LogP contribution in [0.2, 0.25) is 19.6 Å². The zero-order valence-corrected chi connectivity index (χ0v) is 12.7. The van der Waals surface area contributed by atoms with Crippen LogP contribution in [0.3, 0.4) is 0 Å². The van der Waals surface area contributed by atoms with Gasteiger partial charge in [-0.25, -0.2) is 0 Å². The van der Waals surface area contributed by atoms with Gasteiger partial charge in [0.25, 0.3) is 0 Å². The molecule has 0 bridgehead atoms. The highest BCUT2D eigenvalue weighted by Gasteiger charge is 2.28. The van der Waals surface area contributed by atoms with E-state index in [0.29, 0.717) is 11.8 Å². The second kappa shape index (κ2) is 4.65. The lowest BCUT2D eigenvalue weighted by molar-refractivity contribution is 0.367. The first-order valence-electron chi connectivity index (χ1n) is 4.56. The van der Waals surface area contributed by atoms with Crippen LogP contribution < -0.4 is 14.7 Å². The van der Waals surface area contributed by atoms with Crippen molar-refractivity contribution in [2.24, 2.45) is 0 Å². The van der Waals surface area contributed by atoms with Crippen molar-refractivity contribution in [3.8, 4) is 11.8 Å². The fourth-order valence-corrected chi connectivity index (χ4v) is 5.85. The summed E-state index contributed by atoms with van der Waals surface area (Å²) in [7, 11) is 1.72. The van der Waals surface area contributed by atoms with Crippen LogP contribution in [-0.4, -0.2) is 32.5 Å². The van der Waals surface area contributed by atoms with Crippen LogP contribution in [0.5, 0.6) is 11.8 Å². The van der Waals surface area contributed by atoms with E-state index in [4.69, 9.17) is 9.47 Å². The molecule has 1 aromatic rings. The molecule has 0 radical (unpaired) electrons. The summed E-state index contributed by atoms with van der Waals surface area (Å²) in [6.45, 7) is 6.73. The summed E-state index contributed by atoms with van der Waals surface area (Å²) < 4.78 is 11.4. The molecule has 0 aromatic carbocycles. The van der Waals surface area contributed by atoms with Gasteiger partial charge in [-0.15, -0.1) is 10.2 Å². The Balaban J connectivity index is 3.43. The average molecular weight is 338 g/mol. The Morgan fingerprint density at radius 1 is 1.00 bits per heavy atom. The van der Waals surface area contributed by atoms with Gasteiger partial charge in [0.15, 0.2) is 0 Å². The van der Waals surface area contributed by atoms with Crippen LogP contribution >= 0.6 is 22.6 Å². The van der Waals surface area contributed by atoms with Crippen molar-refractivity contribution in [2.75, 3.05) is 14.2 Å². The third kappa shape index (κ3) is 2.60. The topological polar surface area (TPSA) is 44.2 Å². The Morgan fingerprint density at radius 3 is 1.87 bits per heavy atom. The number of nitrogens with zero attached hydrogens (tertiary/aromatic N) is 2. The minimum absolute atomic E-state index is 0.578. The van der Waals surface area contributed by atoms with Crippen molar-refractivity contribution in [2.45, 2.75) is 19.6 Å². The third-order valence-corrected chi connectivity index (χ3v) is 5.46. The molecule has 0 atom stereocenters. The van der Waals surface area contributed by atoms with E-state index >= 15 is 0 Å². The van der Waals surface area contributed by atoms with Crippen LogP contribution in [0.1, 0.15) is 0 Å². The van der Waals surface area contributed by atoms with Crippen LogP contribution in [-0.2, 0) is 0 Å². The van der Waals surface area contributed by atoms with Crippen molar-refractivity contribution in [1.29, 1.82) is 0 Å². The summed E-state index contributed by atoms with van der Waals surface area (Å²) in [6.07, 6.45) is 0. The lowest BCUT2D eigenvalue weighted by Gasteiger charge is -2.21. The second-order valence-electron chi connectivity index (χ2n) is 4.16. The fourth-order valence-electron chi connectivity index (χ4n) is 1.31. The molecule has 84 valence electrons. The third-order valence-electron chi connectivity index (χ3n) is 1.99. The Bertz CT molecular complexity index is 366. The van der Waals surface area contributed by atoms with Crippen LogP contribution in [0, 0.1) is 3.57 Å². The predicted molar refractivity (Wildman–Crippen MR) is 70.8 cm³/mol. The fraction of sp³-hybridized carbons (Fsp3) is 0.556. The molecule has 1 rings (SSSR count). The minimum atomic E-state index is -1.51. The van der Waals surface area contributed by atoms with Gasteiger partial charge in [-0.05, 0) is 22.6 Å². The van der Waals surface area contributed by atoms with Gasteiger partial charge in [0.05, 0.1) is 25.9 Å². The highest BCUT2D eigenvalue weighted by molar-refractivity contribution is 14.1. The van der Waals surface area contributed by atoms with E-state index in [2.05, 4.69) is 52.4 Å². The molecule has 15 heavy (non-hydrogen) atoms. The number of methoxy groups -OCH3 is 2. The number of hydrogen-bond acceptors (Lipinski definition) is 4. The lowest BCUT2D eigenvalue weighted by Crippen LogP contribution is -2.41. The van der Waals surface area contributed by atoms with E-state index in [9.17, 15) is 0 Å². The second-order valence-corrected chi connectivity index (χ2v) is 10.2. The summed E-state index contributed by atoms with van der Waals surface area (Å²) in [4.78, 5) is 0. The van der Waals surface area contributed by atoms with E-state index in [1.165, 1.54) is 0 Å². The monoisotopic (exact) mass is 338 g/mol. The van der Waals surface area contributed by atoms with E-state index in [-0.39, 0.29) is 0 Å². The van der Waals surface area contributed by atoms with Gasteiger partial charge >= 0.3 is 0 Å². The first-order valence-corrected chi connectivity index (χ1v) is 9.14. The molecule has 0 saturated carbocycles. The molecule has 0 spiro atoms. The maximum absolute atomic E-state index is 5.25. The summed E-state index contributed by atoms with van der Waals surface area (Å²) in [5, 5.41) is 9.15. The highest BCUT2D eigenvalue weighted by Crippen LogP contribution is 2.22. The molecule has 0 fully saturated rings. The number of ether oxygens (including phenoxy) is 2. The summed E-state index contributed by atoms with van der Waals surface area (Å²) in [6, 6.07) is 0. The summed E-state index contributed by atoms with van der Waals surface area (Å²) >= 11 is 2.24. The van der Waals surface area contributed by atoms with Gasteiger partial charge < -0.3 is 9.47 Å². The Labute approximate surface area is 105 Å². The SMILES string of the molecule is COc1nnc(OC)c([Si](C)(C)C)c1I. The average Bonchev–Trinajstić information content (AvgIpc) is 2.15. The molecule has 0 aliphatic carbocycles. The van der Waals surface area contributed by atoms with Crippen molar-refractivity contribution < 1.29 is 9.47 Å². The van der Waals surface area contributed by atoms with Crippen molar-refractivity contribution in [1.82, 2.24) is 10.2 Å². The van der Waals surface area contributed by atoms with Crippen LogP contribution in [0.15, 0.2) is 0 Å². The number of hydrogen-bond donors (Lipinski definition) is 0. The molecule has 0 saturated heterocycles. The molecular formula is C9H15IN2O2Si. The van der Waals surface area contributed by atoms with Gasteiger partial charge in [0.2, 0.25) is 11.8 Å². The standard InChI is InChI=1S/C9H15IN2O2Si/c1-13-8-6(10)7(15(3,4)5)9(14-2)12-11-8/h1-5H3. The molecule has 1 aromatic heterocycles. The zero-order valence-electron chi connectivity index (χ0n) is 9.59. The van der Waals surface area contributed by atoms with E-state index < -0.39 is 8.07 Å². The molecule has 0 aliphatic rings. The van der Waals surface area contributed by atoms with Gasteiger partial charge in [0.1, 0.15) is 0 Å². The number of halogens is 1. The summed E-state index contributed by atoms with van der Waals surface area (Å²) in [5.41, 5.74) is 0. The first kappa shape index (κ1) is 12.7. The minimum Gasteiger partial charge on any atom is -0.480 e. The van der Waals surface area contributed by atoms with Crippen LogP contribution in [0.25, 0.3) is 0 Å². The normalized spacial score (nSPS) is 11.3. The highest BCUT2D eigenvalue weighted by atomic mass is 127. The van der Waals surface area contributed by atoms with Gasteiger partial charge in [-0.3, -0.25) is 0 Å². The molecule has 0 unspecified atom stereocenters. The largest absolute Gasteiger partial charge is 0.480 e. The molecule has 4 nitrogen and oxygen atoms in total. The number of aromatic nitrogens is 2. The molecular weight excluding hydrogens is 323 g/mol. The molecule has 0 amide bonds. The molecule has 0 N–H and O–H groups in total. The molecule has 0 aliphatic heterocycles. The maximum atomic E-state index is 5.25. The van der Waals surface area contributed by atoms with Crippen LogP contribution in [0.4, 0.5) is 0 Å². The lowest BCUT2D eigenvalue weighted by atomic mass is 10.5. The Kier molecular flexibility index (Phi) is 3.93. The van der Waals surface area contributed by atoms with Crippen molar-refractivity contribution in [3.63, 3.8) is 0 Å². The Morgan fingerprint density at radius 2 is 1.47 bits per heavy atom. The van der Waals surface area contributed by atoms with Gasteiger partial charge in [-0.1, -0.05) is 19.6 Å². The van der Waals surface area contributed by atoms with Gasteiger partial charge in [0, 0.05) is 5.19 Å². The van der Waals surface area contributed by atoms with Crippen molar-refractivity contribution in [3.05, 3.63) is 3.57 Å². The zero-order chi connectivity index (χ0) is 11.6. The van der Waals surface area contributed by atoms with Gasteiger partial charge in [-0.2, -0.15) is 0 Å². The smallest absolute Gasteiger partial charge is 0.246 e. The number of rotatable bonds is 3. The molecule has 1 heterocycles. The molecule has 6 heteroatoms. The predicted octanol–water partition coefficient (Wildman–Crippen LogP) is 1.64. The maximum Gasteiger partial charge on any atom is 0.246 e. The van der Waals surface area contributed by atoms with E-state index in [1.807, 2.05) is 0 Å². The first-order chi connectivity index (χ1) is 6.91. The quantitative estimate of drug-likeness (QED) is 0.621. The Hall–Kier alpha value is -0.373. The van der Waals surface area contributed by atoms with E-state index in [1.54, 1.807) is 14.2 Å². The van der Waals surface area contributed by atoms with E-state index in [0.717, 1.165) is 8.76 Å². The summed E-state index contributed by atoms with van der Waals surface area (Å²) in [5.74, 6) is 1.20.